The molecule has 0 unspecified atom stereocenters. The van der Waals surface area contributed by atoms with Crippen molar-refractivity contribution in [3.8, 4) is 11.3 Å². The number of rotatable bonds is 2. The van der Waals surface area contributed by atoms with E-state index in [-0.39, 0.29) is 11.8 Å². The number of hydrogen-bond acceptors (Lipinski definition) is 5. The molecule has 1 saturated heterocycles. The quantitative estimate of drug-likeness (QED) is 0.633. The summed E-state index contributed by atoms with van der Waals surface area (Å²) in [6.07, 6.45) is 7.09. The Labute approximate surface area is 178 Å². The maximum absolute atomic E-state index is 12.8. The Morgan fingerprint density at radius 1 is 1.13 bits per heavy atom. The maximum atomic E-state index is 12.8. The molecule has 2 aliphatic rings. The first-order chi connectivity index (χ1) is 14.5. The zero-order valence-corrected chi connectivity index (χ0v) is 17.9. The average Bonchev–Trinajstić information content (AvgIpc) is 3.49. The summed E-state index contributed by atoms with van der Waals surface area (Å²) in [6, 6.07) is 3.77. The highest BCUT2D eigenvalue weighted by Crippen LogP contribution is 2.42. The van der Waals surface area contributed by atoms with Gasteiger partial charge in [0.2, 0.25) is 5.91 Å². The van der Waals surface area contributed by atoms with Gasteiger partial charge < -0.3 is 14.4 Å². The number of carbonyl (C=O) groups excluding carboxylic acids is 2. The van der Waals surface area contributed by atoms with Crippen LogP contribution in [0, 0.1) is 0 Å². The summed E-state index contributed by atoms with van der Waals surface area (Å²) in [5.41, 5.74) is 1.57. The van der Waals surface area contributed by atoms with Crippen LogP contribution in [0.5, 0.6) is 0 Å². The SMILES string of the molecule is CC(=O)N1CCn2c(-c3cnn(C)c3)cnc2C12CCN(C(=O)c1cccs1)CC2. The Morgan fingerprint density at radius 2 is 1.93 bits per heavy atom. The summed E-state index contributed by atoms with van der Waals surface area (Å²) in [7, 11) is 1.90. The van der Waals surface area contributed by atoms with Gasteiger partial charge in [-0.1, -0.05) is 6.07 Å². The second-order valence-corrected chi connectivity index (χ2v) is 8.94. The van der Waals surface area contributed by atoms with Crippen molar-refractivity contribution >= 4 is 23.2 Å². The van der Waals surface area contributed by atoms with Crippen molar-refractivity contribution in [2.45, 2.75) is 31.8 Å². The molecule has 5 heterocycles. The van der Waals surface area contributed by atoms with Gasteiger partial charge in [-0.05, 0) is 24.3 Å². The number of imidazole rings is 1. The number of piperidine rings is 1. The highest BCUT2D eigenvalue weighted by Gasteiger charge is 2.49. The summed E-state index contributed by atoms with van der Waals surface area (Å²) >= 11 is 1.47. The number of likely N-dealkylation sites (tertiary alicyclic amines) is 1. The van der Waals surface area contributed by atoms with Gasteiger partial charge in [0.15, 0.2) is 0 Å². The molecule has 3 aromatic heterocycles. The minimum absolute atomic E-state index is 0.0604. The fraction of sp³-hybridized carbons (Fsp3) is 0.429. The number of fused-ring (bicyclic) bond motifs is 2. The van der Waals surface area contributed by atoms with Crippen molar-refractivity contribution in [3.63, 3.8) is 0 Å². The molecule has 2 amide bonds. The predicted octanol–water partition coefficient (Wildman–Crippen LogP) is 2.34. The Bertz CT molecular complexity index is 1090. The first-order valence-corrected chi connectivity index (χ1v) is 11.0. The summed E-state index contributed by atoms with van der Waals surface area (Å²) in [5.74, 6) is 1.06. The van der Waals surface area contributed by atoms with Gasteiger partial charge >= 0.3 is 0 Å². The lowest BCUT2D eigenvalue weighted by atomic mass is 9.83. The highest BCUT2D eigenvalue weighted by atomic mass is 32.1. The van der Waals surface area contributed by atoms with Gasteiger partial charge in [0, 0.05) is 51.9 Å². The summed E-state index contributed by atoms with van der Waals surface area (Å²) in [4.78, 5) is 34.8. The zero-order chi connectivity index (χ0) is 20.9. The van der Waals surface area contributed by atoms with Crippen LogP contribution in [-0.2, 0) is 23.9 Å². The van der Waals surface area contributed by atoms with Crippen LogP contribution in [0.25, 0.3) is 11.3 Å². The Kier molecular flexibility index (Phi) is 4.50. The Hall–Kier alpha value is -2.94. The van der Waals surface area contributed by atoms with Crippen molar-refractivity contribution in [2.75, 3.05) is 19.6 Å². The average molecular weight is 425 g/mol. The molecule has 0 saturated carbocycles. The molecule has 1 spiro atoms. The number of thiophene rings is 1. The van der Waals surface area contributed by atoms with Crippen molar-refractivity contribution in [3.05, 3.63) is 46.8 Å². The smallest absolute Gasteiger partial charge is 0.263 e. The molecule has 5 rings (SSSR count). The largest absolute Gasteiger partial charge is 0.338 e. The lowest BCUT2D eigenvalue weighted by molar-refractivity contribution is -0.140. The van der Waals surface area contributed by atoms with Gasteiger partial charge in [0.25, 0.3) is 5.91 Å². The molecule has 0 aromatic carbocycles. The predicted molar refractivity (Wildman–Crippen MR) is 113 cm³/mol. The third kappa shape index (κ3) is 2.87. The van der Waals surface area contributed by atoms with Crippen LogP contribution >= 0.6 is 11.3 Å². The van der Waals surface area contributed by atoms with Crippen LogP contribution < -0.4 is 0 Å². The van der Waals surface area contributed by atoms with Crippen LogP contribution in [0.4, 0.5) is 0 Å². The zero-order valence-electron chi connectivity index (χ0n) is 17.1. The fourth-order valence-corrected chi connectivity index (χ4v) is 5.57. The molecule has 0 bridgehead atoms. The molecule has 0 aliphatic carbocycles. The van der Waals surface area contributed by atoms with E-state index in [1.54, 1.807) is 11.6 Å². The topological polar surface area (TPSA) is 76.3 Å². The van der Waals surface area contributed by atoms with Crippen molar-refractivity contribution < 1.29 is 9.59 Å². The van der Waals surface area contributed by atoms with Gasteiger partial charge in [0.05, 0.1) is 23.0 Å². The normalized spacial score (nSPS) is 17.9. The monoisotopic (exact) mass is 424 g/mol. The molecule has 1 fully saturated rings. The third-order valence-electron chi connectivity index (χ3n) is 6.33. The minimum atomic E-state index is -0.475. The van der Waals surface area contributed by atoms with Gasteiger partial charge in [-0.15, -0.1) is 11.3 Å². The molecule has 0 N–H and O–H groups in total. The van der Waals surface area contributed by atoms with Crippen LogP contribution in [0.15, 0.2) is 36.1 Å². The van der Waals surface area contributed by atoms with Gasteiger partial charge in [-0.3, -0.25) is 14.3 Å². The van der Waals surface area contributed by atoms with E-state index in [0.717, 1.165) is 22.0 Å². The molecule has 9 heteroatoms. The minimum Gasteiger partial charge on any atom is -0.338 e. The molecule has 0 atom stereocenters. The van der Waals surface area contributed by atoms with Crippen LogP contribution in [-0.4, -0.2) is 60.6 Å². The van der Waals surface area contributed by atoms with Crippen molar-refractivity contribution in [1.29, 1.82) is 0 Å². The first-order valence-electron chi connectivity index (χ1n) is 10.2. The second kappa shape index (κ2) is 7.09. The van der Waals surface area contributed by atoms with E-state index in [4.69, 9.17) is 4.98 Å². The molecular formula is C21H24N6O2S. The van der Waals surface area contributed by atoms with E-state index in [1.165, 1.54) is 11.3 Å². The first kappa shape index (κ1) is 19.0. The number of aromatic nitrogens is 4. The Balaban J connectivity index is 1.48. The Morgan fingerprint density at radius 3 is 2.57 bits per heavy atom. The lowest BCUT2D eigenvalue weighted by Crippen LogP contribution is -2.59. The number of carbonyl (C=O) groups is 2. The number of hydrogen-bond donors (Lipinski definition) is 0. The lowest BCUT2D eigenvalue weighted by Gasteiger charge is -2.50. The van der Waals surface area contributed by atoms with E-state index in [0.29, 0.717) is 39.0 Å². The molecule has 2 aliphatic heterocycles. The summed E-state index contributed by atoms with van der Waals surface area (Å²) in [6.45, 7) is 4.19. The van der Waals surface area contributed by atoms with Gasteiger partial charge in [0.1, 0.15) is 11.4 Å². The van der Waals surface area contributed by atoms with Crippen molar-refractivity contribution in [2.24, 2.45) is 7.05 Å². The molecule has 156 valence electrons. The van der Waals surface area contributed by atoms with E-state index < -0.39 is 5.54 Å². The van der Waals surface area contributed by atoms with Gasteiger partial charge in [-0.25, -0.2) is 4.98 Å². The molecule has 0 radical (unpaired) electrons. The van der Waals surface area contributed by atoms with E-state index in [1.807, 2.05) is 53.0 Å². The molecule has 3 aromatic rings. The van der Waals surface area contributed by atoms with Gasteiger partial charge in [-0.2, -0.15) is 5.10 Å². The number of amides is 2. The van der Waals surface area contributed by atoms with E-state index >= 15 is 0 Å². The molecule has 30 heavy (non-hydrogen) atoms. The van der Waals surface area contributed by atoms with E-state index in [2.05, 4.69) is 9.67 Å². The number of nitrogens with zero attached hydrogens (tertiary/aromatic N) is 6. The molecule has 8 nitrogen and oxygen atoms in total. The number of aryl methyl sites for hydroxylation is 1. The van der Waals surface area contributed by atoms with E-state index in [9.17, 15) is 9.59 Å². The third-order valence-corrected chi connectivity index (χ3v) is 7.18. The maximum Gasteiger partial charge on any atom is 0.263 e. The summed E-state index contributed by atoms with van der Waals surface area (Å²) in [5, 5.41) is 6.21. The van der Waals surface area contributed by atoms with Crippen LogP contribution in [0.1, 0.15) is 35.3 Å². The summed E-state index contributed by atoms with van der Waals surface area (Å²) < 4.78 is 4.01. The van der Waals surface area contributed by atoms with Crippen molar-refractivity contribution in [1.82, 2.24) is 29.1 Å². The fourth-order valence-electron chi connectivity index (χ4n) is 4.88. The second-order valence-electron chi connectivity index (χ2n) is 7.99. The highest BCUT2D eigenvalue weighted by molar-refractivity contribution is 7.12. The standard InChI is InChI=1S/C21H24N6O2S/c1-15(28)27-10-9-26-17(16-12-23-24(2)14-16)13-22-20(26)21(27)5-7-25(8-6-21)19(29)18-4-3-11-30-18/h3-4,11-14H,5-10H2,1-2H3. The van der Waals surface area contributed by atoms with Crippen LogP contribution in [0.2, 0.25) is 0 Å². The molecular weight excluding hydrogens is 400 g/mol. The van der Waals surface area contributed by atoms with Crippen LogP contribution in [0.3, 0.4) is 0 Å².